The minimum atomic E-state index is -3.75. The summed E-state index contributed by atoms with van der Waals surface area (Å²) >= 11 is 0. The fraction of sp³-hybridized carbons (Fsp3) is 0.462. The van der Waals surface area contributed by atoms with Crippen molar-refractivity contribution in [3.05, 3.63) is 59.2 Å². The molecule has 2 aromatic rings. The highest BCUT2D eigenvalue weighted by molar-refractivity contribution is 7.92. The summed E-state index contributed by atoms with van der Waals surface area (Å²) in [5.41, 5.74) is 3.24. The van der Waals surface area contributed by atoms with Crippen LogP contribution in [0.15, 0.2) is 42.5 Å². The zero-order valence-corrected chi connectivity index (χ0v) is 21.3. The topological polar surface area (TPSA) is 86.8 Å². The van der Waals surface area contributed by atoms with E-state index in [0.29, 0.717) is 30.0 Å². The molecule has 1 saturated heterocycles. The van der Waals surface area contributed by atoms with Gasteiger partial charge in [0.1, 0.15) is 6.04 Å². The van der Waals surface area contributed by atoms with Crippen molar-refractivity contribution in [3.63, 3.8) is 0 Å². The van der Waals surface area contributed by atoms with Crippen molar-refractivity contribution in [2.45, 2.75) is 58.9 Å². The van der Waals surface area contributed by atoms with Crippen LogP contribution in [0.1, 0.15) is 60.5 Å². The van der Waals surface area contributed by atoms with Crippen LogP contribution in [0.25, 0.3) is 0 Å². The third-order valence-electron chi connectivity index (χ3n) is 6.38. The molecular weight excluding hydrogens is 450 g/mol. The largest absolute Gasteiger partial charge is 0.339 e. The van der Waals surface area contributed by atoms with Gasteiger partial charge >= 0.3 is 0 Å². The maximum atomic E-state index is 13.4. The summed E-state index contributed by atoms with van der Waals surface area (Å²) < 4.78 is 26.7. The Morgan fingerprint density at radius 2 is 1.65 bits per heavy atom. The van der Waals surface area contributed by atoms with Gasteiger partial charge in [0.15, 0.2) is 0 Å². The second kappa shape index (κ2) is 11.0. The molecule has 1 N–H and O–H groups in total. The Kier molecular flexibility index (Phi) is 8.36. The number of nitrogens with zero attached hydrogens (tertiary/aromatic N) is 2. The molecule has 1 heterocycles. The lowest BCUT2D eigenvalue weighted by Gasteiger charge is -2.31. The van der Waals surface area contributed by atoms with Gasteiger partial charge in [0.05, 0.1) is 23.2 Å². The molecule has 0 radical (unpaired) electrons. The molecule has 34 heavy (non-hydrogen) atoms. The van der Waals surface area contributed by atoms with Crippen molar-refractivity contribution in [1.82, 2.24) is 4.90 Å². The molecule has 1 unspecified atom stereocenters. The van der Waals surface area contributed by atoms with E-state index in [1.54, 1.807) is 43.3 Å². The normalized spacial score (nSPS) is 15.4. The number of likely N-dealkylation sites (tertiary alicyclic amines) is 1. The minimum absolute atomic E-state index is 0.111. The number of rotatable bonds is 7. The Morgan fingerprint density at radius 1 is 1.00 bits per heavy atom. The van der Waals surface area contributed by atoms with Gasteiger partial charge in [-0.3, -0.25) is 13.9 Å². The number of carbonyl (C=O) groups is 2. The predicted molar refractivity (Wildman–Crippen MR) is 137 cm³/mol. The van der Waals surface area contributed by atoms with Gasteiger partial charge in [-0.05, 0) is 68.5 Å². The molecule has 1 atom stereocenters. The molecule has 8 heteroatoms. The standard InChI is InChI=1S/C26H35N3O4S/c1-5-24(29(34(4,32)33)21-15-14-19(2)20(3)18-21)25(30)27-23-13-9-8-12-22(23)26(31)28-16-10-6-7-11-17-28/h8-9,12-15,18,24H,5-7,10-11,16-17H2,1-4H3,(H,27,30). The monoisotopic (exact) mass is 485 g/mol. The van der Waals surface area contributed by atoms with Crippen LogP contribution >= 0.6 is 0 Å². The maximum absolute atomic E-state index is 13.4. The van der Waals surface area contributed by atoms with Crippen molar-refractivity contribution in [2.75, 3.05) is 29.0 Å². The number of sulfonamides is 1. The number of benzene rings is 2. The van der Waals surface area contributed by atoms with Gasteiger partial charge in [-0.25, -0.2) is 8.42 Å². The van der Waals surface area contributed by atoms with Gasteiger partial charge in [-0.15, -0.1) is 0 Å². The zero-order chi connectivity index (χ0) is 24.9. The first-order chi connectivity index (χ1) is 16.1. The summed E-state index contributed by atoms with van der Waals surface area (Å²) in [6.45, 7) is 7.04. The first kappa shape index (κ1) is 25.7. The van der Waals surface area contributed by atoms with Crippen LogP contribution in [0.3, 0.4) is 0 Å². The van der Waals surface area contributed by atoms with E-state index in [4.69, 9.17) is 0 Å². The Morgan fingerprint density at radius 3 is 2.24 bits per heavy atom. The Balaban J connectivity index is 1.91. The summed E-state index contributed by atoms with van der Waals surface area (Å²) in [7, 11) is -3.75. The molecule has 0 aromatic heterocycles. The van der Waals surface area contributed by atoms with Crippen molar-refractivity contribution in [1.29, 1.82) is 0 Å². The summed E-state index contributed by atoms with van der Waals surface area (Å²) in [4.78, 5) is 28.5. The summed E-state index contributed by atoms with van der Waals surface area (Å²) in [5, 5.41) is 2.85. The zero-order valence-electron chi connectivity index (χ0n) is 20.5. The molecule has 1 aliphatic heterocycles. The number of para-hydroxylation sites is 1. The average molecular weight is 486 g/mol. The quantitative estimate of drug-likeness (QED) is 0.625. The number of nitrogens with one attached hydrogen (secondary N) is 1. The van der Waals surface area contributed by atoms with E-state index in [1.807, 2.05) is 24.8 Å². The van der Waals surface area contributed by atoms with E-state index in [0.717, 1.165) is 43.1 Å². The summed E-state index contributed by atoms with van der Waals surface area (Å²) in [6, 6.07) is 11.3. The van der Waals surface area contributed by atoms with Crippen LogP contribution < -0.4 is 9.62 Å². The molecule has 2 amide bonds. The highest BCUT2D eigenvalue weighted by Gasteiger charge is 2.32. The minimum Gasteiger partial charge on any atom is -0.339 e. The van der Waals surface area contributed by atoms with Crippen LogP contribution in [0, 0.1) is 13.8 Å². The van der Waals surface area contributed by atoms with Crippen LogP contribution in [-0.2, 0) is 14.8 Å². The lowest BCUT2D eigenvalue weighted by Crippen LogP contribution is -2.47. The lowest BCUT2D eigenvalue weighted by molar-refractivity contribution is -0.117. The molecule has 2 aromatic carbocycles. The lowest BCUT2D eigenvalue weighted by atomic mass is 10.1. The van der Waals surface area contributed by atoms with E-state index >= 15 is 0 Å². The van der Waals surface area contributed by atoms with Gasteiger partial charge in [-0.2, -0.15) is 0 Å². The van der Waals surface area contributed by atoms with Crippen molar-refractivity contribution in [2.24, 2.45) is 0 Å². The molecule has 0 spiro atoms. The molecule has 1 fully saturated rings. The van der Waals surface area contributed by atoms with Crippen molar-refractivity contribution in [3.8, 4) is 0 Å². The Hall–Kier alpha value is -2.87. The molecule has 0 bridgehead atoms. The smallest absolute Gasteiger partial charge is 0.255 e. The van der Waals surface area contributed by atoms with Gasteiger partial charge in [-0.1, -0.05) is 38.0 Å². The van der Waals surface area contributed by atoms with Crippen LogP contribution in [0.4, 0.5) is 11.4 Å². The van der Waals surface area contributed by atoms with E-state index in [2.05, 4.69) is 5.32 Å². The van der Waals surface area contributed by atoms with E-state index < -0.39 is 22.0 Å². The van der Waals surface area contributed by atoms with Crippen LogP contribution in [0.2, 0.25) is 0 Å². The molecule has 7 nitrogen and oxygen atoms in total. The second-order valence-corrected chi connectivity index (χ2v) is 10.9. The third-order valence-corrected chi connectivity index (χ3v) is 7.56. The molecule has 0 aliphatic carbocycles. The van der Waals surface area contributed by atoms with Crippen molar-refractivity contribution < 1.29 is 18.0 Å². The summed E-state index contributed by atoms with van der Waals surface area (Å²) in [6.07, 6.45) is 5.54. The predicted octanol–water partition coefficient (Wildman–Crippen LogP) is 4.50. The highest BCUT2D eigenvalue weighted by atomic mass is 32.2. The van der Waals surface area contributed by atoms with E-state index in [9.17, 15) is 18.0 Å². The van der Waals surface area contributed by atoms with Crippen LogP contribution in [-0.4, -0.2) is 50.5 Å². The van der Waals surface area contributed by atoms with Gasteiger partial charge in [0.2, 0.25) is 15.9 Å². The third kappa shape index (κ3) is 5.97. The Bertz CT molecular complexity index is 1140. The van der Waals surface area contributed by atoms with Crippen molar-refractivity contribution >= 4 is 33.2 Å². The fourth-order valence-corrected chi connectivity index (χ4v) is 5.57. The summed E-state index contributed by atoms with van der Waals surface area (Å²) in [5.74, 6) is -0.581. The number of carbonyl (C=O) groups excluding carboxylic acids is 2. The first-order valence-electron chi connectivity index (χ1n) is 11.9. The molecule has 1 aliphatic rings. The van der Waals surface area contributed by atoms with E-state index in [-0.39, 0.29) is 12.3 Å². The molecular formula is C26H35N3O4S. The first-order valence-corrected chi connectivity index (χ1v) is 13.7. The molecule has 3 rings (SSSR count). The average Bonchev–Trinajstić information content (AvgIpc) is 3.08. The number of aryl methyl sites for hydroxylation is 2. The Labute approximate surface area is 203 Å². The van der Waals surface area contributed by atoms with Crippen LogP contribution in [0.5, 0.6) is 0 Å². The highest BCUT2D eigenvalue weighted by Crippen LogP contribution is 2.27. The number of hydrogen-bond donors (Lipinski definition) is 1. The number of amides is 2. The van der Waals surface area contributed by atoms with Gasteiger partial charge < -0.3 is 10.2 Å². The second-order valence-electron chi connectivity index (χ2n) is 8.99. The maximum Gasteiger partial charge on any atom is 0.255 e. The number of hydrogen-bond acceptors (Lipinski definition) is 4. The molecule has 184 valence electrons. The van der Waals surface area contributed by atoms with E-state index in [1.165, 1.54) is 4.31 Å². The SMILES string of the molecule is CCC(C(=O)Nc1ccccc1C(=O)N1CCCCCC1)N(c1ccc(C)c(C)c1)S(C)(=O)=O. The van der Waals surface area contributed by atoms with Gasteiger partial charge in [0, 0.05) is 13.1 Å². The van der Waals surface area contributed by atoms with Gasteiger partial charge in [0.25, 0.3) is 5.91 Å². The molecule has 0 saturated carbocycles. The fourth-order valence-electron chi connectivity index (χ4n) is 4.36. The number of anilines is 2.